The number of fused-ring (bicyclic) bond motifs is 1. The van der Waals surface area contributed by atoms with E-state index in [1.165, 1.54) is 0 Å². The molecule has 1 aromatic carbocycles. The third-order valence-corrected chi connectivity index (χ3v) is 2.62. The van der Waals surface area contributed by atoms with Crippen LogP contribution in [0.5, 0.6) is 0 Å². The van der Waals surface area contributed by atoms with Gasteiger partial charge in [-0.05, 0) is 18.2 Å². The Morgan fingerprint density at radius 3 is 2.80 bits per heavy atom. The van der Waals surface area contributed by atoms with Crippen molar-refractivity contribution in [2.24, 2.45) is 5.73 Å². The molecule has 0 radical (unpaired) electrons. The van der Waals surface area contributed by atoms with E-state index in [1.807, 2.05) is 0 Å². The first-order valence-electron chi connectivity index (χ1n) is 4.26. The molecule has 0 atom stereocenters. The predicted octanol–water partition coefficient (Wildman–Crippen LogP) is 0.368. The molecule has 2 aromatic rings. The van der Waals surface area contributed by atoms with Gasteiger partial charge in [0, 0.05) is 4.47 Å². The van der Waals surface area contributed by atoms with Gasteiger partial charge in [0.2, 0.25) is 0 Å². The van der Waals surface area contributed by atoms with E-state index in [-0.39, 0.29) is 12.2 Å². The lowest BCUT2D eigenvalue weighted by Gasteiger charge is -2.03. The van der Waals surface area contributed by atoms with Crippen LogP contribution in [0, 0.1) is 0 Å². The van der Waals surface area contributed by atoms with Gasteiger partial charge in [-0.1, -0.05) is 15.9 Å². The molecule has 0 amide bonds. The maximum Gasteiger partial charge on any atom is 0.329 e. The van der Waals surface area contributed by atoms with E-state index in [1.54, 1.807) is 18.2 Å². The van der Waals surface area contributed by atoms with Crippen LogP contribution in [0.4, 0.5) is 0 Å². The standard InChI is InChI=1S/C9H8BrN3O2/c10-5-1-2-7-6(3-5)8(14)13(4-11)9(15)12-7/h1-3H,4,11H2,(H,12,15). The zero-order valence-corrected chi connectivity index (χ0v) is 9.24. The minimum absolute atomic E-state index is 0.128. The first-order chi connectivity index (χ1) is 7.13. The van der Waals surface area contributed by atoms with Gasteiger partial charge >= 0.3 is 5.69 Å². The molecule has 2 rings (SSSR count). The Kier molecular flexibility index (Phi) is 2.45. The Morgan fingerprint density at radius 1 is 1.40 bits per heavy atom. The third kappa shape index (κ3) is 1.62. The van der Waals surface area contributed by atoms with Crippen molar-refractivity contribution in [3.8, 4) is 0 Å². The van der Waals surface area contributed by atoms with Gasteiger partial charge < -0.3 is 10.7 Å². The highest BCUT2D eigenvalue weighted by molar-refractivity contribution is 9.10. The number of nitrogens with zero attached hydrogens (tertiary/aromatic N) is 1. The quantitative estimate of drug-likeness (QED) is 0.785. The van der Waals surface area contributed by atoms with Gasteiger partial charge in [0.25, 0.3) is 5.56 Å². The molecule has 15 heavy (non-hydrogen) atoms. The molecular formula is C9H8BrN3O2. The highest BCUT2D eigenvalue weighted by atomic mass is 79.9. The van der Waals surface area contributed by atoms with Crippen molar-refractivity contribution in [1.82, 2.24) is 9.55 Å². The van der Waals surface area contributed by atoms with Crippen LogP contribution in [-0.4, -0.2) is 9.55 Å². The van der Waals surface area contributed by atoms with Crippen molar-refractivity contribution in [3.63, 3.8) is 0 Å². The van der Waals surface area contributed by atoms with Crippen LogP contribution >= 0.6 is 15.9 Å². The smallest absolute Gasteiger partial charge is 0.313 e. The molecule has 3 N–H and O–H groups in total. The molecule has 0 fully saturated rings. The number of halogens is 1. The lowest BCUT2D eigenvalue weighted by atomic mass is 10.2. The van der Waals surface area contributed by atoms with E-state index < -0.39 is 5.69 Å². The van der Waals surface area contributed by atoms with Crippen molar-refractivity contribution < 1.29 is 0 Å². The maximum absolute atomic E-state index is 11.8. The summed E-state index contributed by atoms with van der Waals surface area (Å²) in [6.45, 7) is -0.128. The van der Waals surface area contributed by atoms with Crippen LogP contribution in [0.15, 0.2) is 32.3 Å². The number of rotatable bonds is 1. The van der Waals surface area contributed by atoms with E-state index in [0.29, 0.717) is 10.9 Å². The van der Waals surface area contributed by atoms with Gasteiger partial charge in [-0.25, -0.2) is 9.36 Å². The van der Waals surface area contributed by atoms with Crippen molar-refractivity contribution in [2.45, 2.75) is 6.67 Å². The van der Waals surface area contributed by atoms with Crippen LogP contribution in [0.25, 0.3) is 10.9 Å². The minimum atomic E-state index is -0.489. The number of aromatic amines is 1. The SMILES string of the molecule is NCn1c(=O)[nH]c2ccc(Br)cc2c1=O. The number of aromatic nitrogens is 2. The summed E-state index contributed by atoms with van der Waals surface area (Å²) >= 11 is 3.26. The molecule has 0 saturated carbocycles. The molecule has 0 unspecified atom stereocenters. The van der Waals surface area contributed by atoms with Crippen molar-refractivity contribution >= 4 is 26.8 Å². The van der Waals surface area contributed by atoms with Crippen LogP contribution in [0.2, 0.25) is 0 Å². The van der Waals surface area contributed by atoms with E-state index in [2.05, 4.69) is 20.9 Å². The number of H-pyrrole nitrogens is 1. The summed E-state index contributed by atoms with van der Waals surface area (Å²) in [7, 11) is 0. The average Bonchev–Trinajstić information content (AvgIpc) is 2.20. The number of nitrogens with two attached hydrogens (primary N) is 1. The minimum Gasteiger partial charge on any atom is -0.313 e. The Bertz CT molecular complexity index is 629. The molecular weight excluding hydrogens is 262 g/mol. The normalized spacial score (nSPS) is 10.8. The summed E-state index contributed by atoms with van der Waals surface area (Å²) < 4.78 is 1.73. The predicted molar refractivity (Wildman–Crippen MR) is 60.7 cm³/mol. The number of benzene rings is 1. The first-order valence-corrected chi connectivity index (χ1v) is 5.05. The molecule has 1 aromatic heterocycles. The van der Waals surface area contributed by atoms with Crippen LogP contribution < -0.4 is 17.0 Å². The second-order valence-electron chi connectivity index (χ2n) is 3.04. The third-order valence-electron chi connectivity index (χ3n) is 2.13. The summed E-state index contributed by atoms with van der Waals surface area (Å²) in [6.07, 6.45) is 0. The molecule has 0 aliphatic rings. The fourth-order valence-corrected chi connectivity index (χ4v) is 1.75. The largest absolute Gasteiger partial charge is 0.329 e. The lowest BCUT2D eigenvalue weighted by molar-refractivity contribution is 0.661. The summed E-state index contributed by atoms with van der Waals surface area (Å²) in [5.74, 6) is 0. The fourth-order valence-electron chi connectivity index (χ4n) is 1.39. The Hall–Kier alpha value is -1.40. The van der Waals surface area contributed by atoms with Crippen LogP contribution in [0.3, 0.4) is 0 Å². The summed E-state index contributed by atoms with van der Waals surface area (Å²) in [4.78, 5) is 25.7. The van der Waals surface area contributed by atoms with Crippen molar-refractivity contribution in [3.05, 3.63) is 43.5 Å². The molecule has 0 aliphatic heterocycles. The zero-order chi connectivity index (χ0) is 11.0. The summed E-state index contributed by atoms with van der Waals surface area (Å²) in [5.41, 5.74) is 4.96. The monoisotopic (exact) mass is 269 g/mol. The molecule has 78 valence electrons. The number of hydrogen-bond acceptors (Lipinski definition) is 3. The maximum atomic E-state index is 11.8. The Balaban J connectivity index is 2.99. The van der Waals surface area contributed by atoms with E-state index in [4.69, 9.17) is 5.73 Å². The Labute approximate surface area is 92.7 Å². The molecule has 1 heterocycles. The Morgan fingerprint density at radius 2 is 2.13 bits per heavy atom. The van der Waals surface area contributed by atoms with E-state index >= 15 is 0 Å². The van der Waals surface area contributed by atoms with E-state index in [9.17, 15) is 9.59 Å². The van der Waals surface area contributed by atoms with Gasteiger partial charge in [-0.3, -0.25) is 4.79 Å². The highest BCUT2D eigenvalue weighted by Gasteiger charge is 2.05. The van der Waals surface area contributed by atoms with Gasteiger partial charge in [-0.15, -0.1) is 0 Å². The molecule has 0 bridgehead atoms. The van der Waals surface area contributed by atoms with Crippen LogP contribution in [0.1, 0.15) is 0 Å². The van der Waals surface area contributed by atoms with Crippen molar-refractivity contribution in [1.29, 1.82) is 0 Å². The highest BCUT2D eigenvalue weighted by Crippen LogP contribution is 2.13. The first kappa shape index (κ1) is 10.1. The van der Waals surface area contributed by atoms with E-state index in [0.717, 1.165) is 9.04 Å². The van der Waals surface area contributed by atoms with Gasteiger partial charge in [0.05, 0.1) is 17.6 Å². The molecule has 0 saturated heterocycles. The van der Waals surface area contributed by atoms with Gasteiger partial charge in [-0.2, -0.15) is 0 Å². The van der Waals surface area contributed by atoms with Crippen LogP contribution in [-0.2, 0) is 6.67 Å². The number of nitrogens with one attached hydrogen (secondary N) is 1. The summed E-state index contributed by atoms with van der Waals surface area (Å²) in [5, 5.41) is 0.439. The van der Waals surface area contributed by atoms with Gasteiger partial charge in [0.15, 0.2) is 0 Å². The molecule has 0 aliphatic carbocycles. The molecule has 6 heteroatoms. The molecule has 0 spiro atoms. The fraction of sp³-hybridized carbons (Fsp3) is 0.111. The number of hydrogen-bond donors (Lipinski definition) is 2. The zero-order valence-electron chi connectivity index (χ0n) is 7.66. The second-order valence-corrected chi connectivity index (χ2v) is 3.95. The van der Waals surface area contributed by atoms with Crippen molar-refractivity contribution in [2.75, 3.05) is 0 Å². The van der Waals surface area contributed by atoms with Gasteiger partial charge in [0.1, 0.15) is 0 Å². The molecule has 5 nitrogen and oxygen atoms in total. The summed E-state index contributed by atoms with van der Waals surface area (Å²) in [6, 6.07) is 5.08. The lowest BCUT2D eigenvalue weighted by Crippen LogP contribution is -2.37. The second kappa shape index (κ2) is 3.63. The average molecular weight is 270 g/mol. The topological polar surface area (TPSA) is 80.9 Å².